The van der Waals surface area contributed by atoms with Crippen LogP contribution in [0.4, 0.5) is 5.69 Å². The number of piperazine rings is 1. The Kier molecular flexibility index (Phi) is 5.32. The van der Waals surface area contributed by atoms with Gasteiger partial charge in [-0.3, -0.25) is 4.79 Å². The number of hydrogen-bond acceptors (Lipinski definition) is 6. The lowest BCUT2D eigenvalue weighted by Crippen LogP contribution is -2.50. The third-order valence-electron chi connectivity index (χ3n) is 4.86. The highest BCUT2D eigenvalue weighted by molar-refractivity contribution is 5.82. The molecule has 2 aromatic carbocycles. The van der Waals surface area contributed by atoms with Gasteiger partial charge < -0.3 is 24.0 Å². The second kappa shape index (κ2) is 8.21. The number of carbonyl (C=O) groups excluding carboxylic acids is 2. The van der Waals surface area contributed by atoms with Gasteiger partial charge in [0.1, 0.15) is 6.61 Å². The SMILES string of the molecule is O=C(OCC(=O)N1CCN(c2ccccc2)CC1)[C@H]1COc2ccccc2O1. The quantitative estimate of drug-likeness (QED) is 0.750. The average molecular weight is 382 g/mol. The number of anilines is 1. The molecule has 0 radical (unpaired) electrons. The Morgan fingerprint density at radius 3 is 2.36 bits per heavy atom. The summed E-state index contributed by atoms with van der Waals surface area (Å²) in [5.41, 5.74) is 1.15. The molecule has 1 saturated heterocycles. The van der Waals surface area contributed by atoms with E-state index in [1.807, 2.05) is 24.3 Å². The van der Waals surface area contributed by atoms with Crippen LogP contribution in [0.15, 0.2) is 54.6 Å². The molecule has 1 fully saturated rings. The van der Waals surface area contributed by atoms with Crippen LogP contribution in [0.25, 0.3) is 0 Å². The molecule has 0 bridgehead atoms. The fourth-order valence-electron chi connectivity index (χ4n) is 3.31. The third-order valence-corrected chi connectivity index (χ3v) is 4.86. The molecule has 0 saturated carbocycles. The Labute approximate surface area is 163 Å². The van der Waals surface area contributed by atoms with E-state index in [-0.39, 0.29) is 19.1 Å². The zero-order chi connectivity index (χ0) is 19.3. The number of rotatable bonds is 4. The van der Waals surface area contributed by atoms with Crippen LogP contribution in [0.3, 0.4) is 0 Å². The molecule has 2 aliphatic heterocycles. The molecule has 28 heavy (non-hydrogen) atoms. The Morgan fingerprint density at radius 2 is 1.61 bits per heavy atom. The van der Waals surface area contributed by atoms with E-state index in [4.69, 9.17) is 14.2 Å². The highest BCUT2D eigenvalue weighted by Gasteiger charge is 2.30. The van der Waals surface area contributed by atoms with Crippen LogP contribution in [0, 0.1) is 0 Å². The summed E-state index contributed by atoms with van der Waals surface area (Å²) in [6, 6.07) is 17.2. The van der Waals surface area contributed by atoms with E-state index in [1.54, 1.807) is 23.1 Å². The van der Waals surface area contributed by atoms with Crippen LogP contribution in [-0.2, 0) is 14.3 Å². The molecule has 0 aromatic heterocycles. The van der Waals surface area contributed by atoms with Crippen molar-refractivity contribution in [3.05, 3.63) is 54.6 Å². The molecule has 2 aliphatic rings. The normalized spacial score (nSPS) is 18.5. The van der Waals surface area contributed by atoms with Crippen molar-refractivity contribution in [1.82, 2.24) is 4.90 Å². The number of esters is 1. The summed E-state index contributed by atoms with van der Waals surface area (Å²) in [5.74, 6) is 0.307. The summed E-state index contributed by atoms with van der Waals surface area (Å²) in [5, 5.41) is 0. The largest absolute Gasteiger partial charge is 0.485 e. The Morgan fingerprint density at radius 1 is 0.929 bits per heavy atom. The molecular formula is C21H22N2O5. The van der Waals surface area contributed by atoms with E-state index in [1.165, 1.54) is 0 Å². The maximum Gasteiger partial charge on any atom is 0.351 e. The second-order valence-electron chi connectivity index (χ2n) is 6.68. The van der Waals surface area contributed by atoms with E-state index < -0.39 is 12.1 Å². The van der Waals surface area contributed by atoms with Crippen LogP contribution in [0.5, 0.6) is 11.5 Å². The number of para-hydroxylation sites is 3. The summed E-state index contributed by atoms with van der Waals surface area (Å²) in [4.78, 5) is 28.6. The lowest BCUT2D eigenvalue weighted by Gasteiger charge is -2.36. The highest BCUT2D eigenvalue weighted by Crippen LogP contribution is 2.31. The van der Waals surface area contributed by atoms with Crippen molar-refractivity contribution in [1.29, 1.82) is 0 Å². The zero-order valence-electron chi connectivity index (χ0n) is 15.5. The predicted octanol–water partition coefficient (Wildman–Crippen LogP) is 1.72. The van der Waals surface area contributed by atoms with Gasteiger partial charge in [-0.2, -0.15) is 0 Å². The molecular weight excluding hydrogens is 360 g/mol. The van der Waals surface area contributed by atoms with Crippen molar-refractivity contribution in [2.45, 2.75) is 6.10 Å². The lowest BCUT2D eigenvalue weighted by molar-refractivity contribution is -0.160. The molecule has 1 amide bonds. The van der Waals surface area contributed by atoms with Gasteiger partial charge in [0.2, 0.25) is 6.10 Å². The van der Waals surface area contributed by atoms with Gasteiger partial charge in [0.05, 0.1) is 0 Å². The molecule has 0 N–H and O–H groups in total. The Balaban J connectivity index is 1.23. The van der Waals surface area contributed by atoms with Gasteiger partial charge in [-0.05, 0) is 24.3 Å². The molecule has 7 nitrogen and oxygen atoms in total. The van der Waals surface area contributed by atoms with Crippen molar-refractivity contribution in [3.8, 4) is 11.5 Å². The Hall–Kier alpha value is -3.22. The number of benzene rings is 2. The van der Waals surface area contributed by atoms with Crippen molar-refractivity contribution >= 4 is 17.6 Å². The number of carbonyl (C=O) groups is 2. The fourth-order valence-corrected chi connectivity index (χ4v) is 3.31. The fraction of sp³-hybridized carbons (Fsp3) is 0.333. The van der Waals surface area contributed by atoms with Gasteiger partial charge in [-0.15, -0.1) is 0 Å². The number of fused-ring (bicyclic) bond motifs is 1. The van der Waals surface area contributed by atoms with Crippen molar-refractivity contribution in [2.24, 2.45) is 0 Å². The minimum Gasteiger partial charge on any atom is -0.485 e. The second-order valence-corrected chi connectivity index (χ2v) is 6.68. The minimum absolute atomic E-state index is 0.0692. The molecule has 2 aromatic rings. The molecule has 146 valence electrons. The first-order valence-corrected chi connectivity index (χ1v) is 9.33. The maximum absolute atomic E-state index is 12.4. The summed E-state index contributed by atoms with van der Waals surface area (Å²) in [7, 11) is 0. The number of hydrogen-bond donors (Lipinski definition) is 0. The monoisotopic (exact) mass is 382 g/mol. The molecule has 4 rings (SSSR count). The zero-order valence-corrected chi connectivity index (χ0v) is 15.5. The molecule has 1 atom stereocenters. The predicted molar refractivity (Wildman–Crippen MR) is 103 cm³/mol. The smallest absolute Gasteiger partial charge is 0.351 e. The van der Waals surface area contributed by atoms with Gasteiger partial charge in [0.15, 0.2) is 18.1 Å². The molecule has 0 unspecified atom stereocenters. The number of ether oxygens (including phenoxy) is 3. The summed E-state index contributed by atoms with van der Waals surface area (Å²) in [6.07, 6.45) is -0.863. The van der Waals surface area contributed by atoms with E-state index >= 15 is 0 Å². The average Bonchev–Trinajstić information content (AvgIpc) is 2.77. The van der Waals surface area contributed by atoms with Gasteiger partial charge in [-0.25, -0.2) is 4.79 Å². The van der Waals surface area contributed by atoms with Gasteiger partial charge in [-0.1, -0.05) is 30.3 Å². The van der Waals surface area contributed by atoms with Crippen LogP contribution in [0.2, 0.25) is 0 Å². The molecule has 2 heterocycles. The first kappa shape index (κ1) is 18.2. The van der Waals surface area contributed by atoms with Crippen LogP contribution >= 0.6 is 0 Å². The Bertz CT molecular complexity index is 834. The van der Waals surface area contributed by atoms with Gasteiger partial charge in [0, 0.05) is 31.9 Å². The van der Waals surface area contributed by atoms with E-state index in [0.717, 1.165) is 18.8 Å². The van der Waals surface area contributed by atoms with Crippen LogP contribution in [-0.4, -0.2) is 62.3 Å². The van der Waals surface area contributed by atoms with Gasteiger partial charge >= 0.3 is 5.97 Å². The van der Waals surface area contributed by atoms with Crippen molar-refractivity contribution in [2.75, 3.05) is 44.3 Å². The standard InChI is InChI=1S/C21H22N2O5/c24-20(23-12-10-22(11-13-23)16-6-2-1-3-7-16)15-27-21(25)19-14-26-17-8-4-5-9-18(17)28-19/h1-9,19H,10-15H2/t19-/m1/s1. The van der Waals surface area contributed by atoms with Crippen molar-refractivity contribution < 1.29 is 23.8 Å². The first-order chi connectivity index (χ1) is 13.7. The van der Waals surface area contributed by atoms with E-state index in [0.29, 0.717) is 24.6 Å². The third kappa shape index (κ3) is 4.03. The van der Waals surface area contributed by atoms with Gasteiger partial charge in [0.25, 0.3) is 5.91 Å². The van der Waals surface area contributed by atoms with Crippen LogP contribution in [0.1, 0.15) is 0 Å². The maximum atomic E-state index is 12.4. The topological polar surface area (TPSA) is 68.3 Å². The van der Waals surface area contributed by atoms with E-state index in [9.17, 15) is 9.59 Å². The summed E-state index contributed by atoms with van der Waals surface area (Å²) in [6.45, 7) is 2.48. The highest BCUT2D eigenvalue weighted by atomic mass is 16.6. The number of nitrogens with zero attached hydrogens (tertiary/aromatic N) is 2. The summed E-state index contributed by atoms with van der Waals surface area (Å²) < 4.78 is 16.3. The molecule has 0 aliphatic carbocycles. The molecule has 0 spiro atoms. The summed E-state index contributed by atoms with van der Waals surface area (Å²) >= 11 is 0. The first-order valence-electron chi connectivity index (χ1n) is 9.33. The van der Waals surface area contributed by atoms with Crippen molar-refractivity contribution in [3.63, 3.8) is 0 Å². The molecule has 7 heteroatoms. The number of amides is 1. The van der Waals surface area contributed by atoms with E-state index in [2.05, 4.69) is 17.0 Å². The van der Waals surface area contributed by atoms with Crippen LogP contribution < -0.4 is 14.4 Å². The lowest BCUT2D eigenvalue weighted by atomic mass is 10.2. The minimum atomic E-state index is -0.863.